The molecule has 2 aliphatic heterocycles. The van der Waals surface area contributed by atoms with Crippen LogP contribution in [0, 0.1) is 0 Å². The van der Waals surface area contributed by atoms with Crippen LogP contribution in [-0.4, -0.2) is 54.3 Å². The molecule has 2 unspecified atom stereocenters. The second kappa shape index (κ2) is 7.93. The molecular weight excluding hydrogens is 447 g/mol. The number of benzene rings is 1. The van der Waals surface area contributed by atoms with Crippen molar-refractivity contribution < 1.29 is 27.2 Å². The smallest absolute Gasteiger partial charge is 0.422 e. The summed E-state index contributed by atoms with van der Waals surface area (Å²) in [7, 11) is 1.32. The lowest BCUT2D eigenvalue weighted by atomic mass is 10.0. The van der Waals surface area contributed by atoms with Crippen LogP contribution in [0.3, 0.4) is 0 Å². The van der Waals surface area contributed by atoms with Gasteiger partial charge in [-0.15, -0.1) is 24.5 Å². The highest BCUT2D eigenvalue weighted by molar-refractivity contribution is 7.13. The van der Waals surface area contributed by atoms with Crippen molar-refractivity contribution in [3.8, 4) is 16.3 Å². The fourth-order valence-electron chi connectivity index (χ4n) is 4.33. The van der Waals surface area contributed by atoms with Gasteiger partial charge in [0.15, 0.2) is 16.8 Å². The fraction of sp³-hybridized carbons (Fsp3) is 0.450. The SMILES string of the molecule is CO/N=C(\C)c1cc(-c2nccs2)c2oc(N3CC4CCC(C3)N4)nc2c1OC(F)(F)F. The highest BCUT2D eigenvalue weighted by Gasteiger charge is 2.37. The van der Waals surface area contributed by atoms with Crippen LogP contribution in [0.15, 0.2) is 27.2 Å². The first-order chi connectivity index (χ1) is 15.3. The number of hydrogen-bond acceptors (Lipinski definition) is 9. The molecule has 32 heavy (non-hydrogen) atoms. The number of hydrogen-bond donors (Lipinski definition) is 1. The first kappa shape index (κ1) is 21.0. The summed E-state index contributed by atoms with van der Waals surface area (Å²) < 4.78 is 50.6. The van der Waals surface area contributed by atoms with Gasteiger partial charge < -0.3 is 24.2 Å². The molecule has 5 rings (SSSR count). The number of nitrogens with zero attached hydrogens (tertiary/aromatic N) is 4. The molecule has 2 atom stereocenters. The number of rotatable bonds is 5. The van der Waals surface area contributed by atoms with E-state index in [0.717, 1.165) is 12.8 Å². The van der Waals surface area contributed by atoms with Crippen LogP contribution in [0.2, 0.25) is 0 Å². The van der Waals surface area contributed by atoms with E-state index in [9.17, 15) is 13.2 Å². The highest BCUT2D eigenvalue weighted by Crippen LogP contribution is 2.42. The first-order valence-electron chi connectivity index (χ1n) is 10.0. The molecule has 12 heteroatoms. The predicted octanol–water partition coefficient (Wildman–Crippen LogP) is 4.16. The van der Waals surface area contributed by atoms with Crippen LogP contribution in [0.1, 0.15) is 25.3 Å². The Labute approximate surface area is 185 Å². The lowest BCUT2D eigenvalue weighted by molar-refractivity contribution is -0.274. The second-order valence-electron chi connectivity index (χ2n) is 7.76. The van der Waals surface area contributed by atoms with Gasteiger partial charge in [-0.1, -0.05) is 5.16 Å². The Morgan fingerprint density at radius 3 is 2.69 bits per heavy atom. The maximum Gasteiger partial charge on any atom is 0.573 e. The van der Waals surface area contributed by atoms with E-state index in [1.165, 1.54) is 31.4 Å². The van der Waals surface area contributed by atoms with E-state index in [-0.39, 0.29) is 28.4 Å². The summed E-state index contributed by atoms with van der Waals surface area (Å²) in [5, 5.41) is 9.70. The molecule has 8 nitrogen and oxygen atoms in total. The van der Waals surface area contributed by atoms with E-state index < -0.39 is 12.1 Å². The quantitative estimate of drug-likeness (QED) is 0.446. The van der Waals surface area contributed by atoms with Crippen LogP contribution in [-0.2, 0) is 4.84 Å². The Bertz CT molecular complexity index is 1150. The number of ether oxygens (including phenoxy) is 1. The van der Waals surface area contributed by atoms with Crippen LogP contribution < -0.4 is 15.0 Å². The van der Waals surface area contributed by atoms with Crippen molar-refractivity contribution in [2.24, 2.45) is 5.16 Å². The van der Waals surface area contributed by atoms with Crippen molar-refractivity contribution in [2.45, 2.75) is 38.2 Å². The molecule has 2 aromatic heterocycles. The number of piperazine rings is 1. The standard InChI is InChI=1S/C20H20F3N5O3S/c1-10(27-29-2)13-7-14(18-24-5-6-32-18)16-15(17(13)31-20(21,22)23)26-19(30-16)28-8-11-3-4-12(9-28)25-11/h5-7,11-12,25H,3-4,8-9H2,1-2H3/b27-10+. The number of aromatic nitrogens is 2. The molecule has 0 aliphatic carbocycles. The summed E-state index contributed by atoms with van der Waals surface area (Å²) in [5.74, 6) is -0.473. The monoisotopic (exact) mass is 467 g/mol. The molecule has 170 valence electrons. The van der Waals surface area contributed by atoms with Gasteiger partial charge in [0.25, 0.3) is 6.01 Å². The van der Waals surface area contributed by atoms with Gasteiger partial charge in [0.2, 0.25) is 0 Å². The summed E-state index contributed by atoms with van der Waals surface area (Å²) in [6.45, 7) is 2.87. The van der Waals surface area contributed by atoms with E-state index in [4.69, 9.17) is 9.25 Å². The number of oxime groups is 1. The minimum Gasteiger partial charge on any atom is -0.422 e. The van der Waals surface area contributed by atoms with E-state index >= 15 is 0 Å². The number of oxazole rings is 1. The van der Waals surface area contributed by atoms with E-state index in [1.807, 2.05) is 4.90 Å². The topological polar surface area (TPSA) is 85.0 Å². The number of thiazole rings is 1. The maximum absolute atomic E-state index is 13.4. The fourth-order valence-corrected chi connectivity index (χ4v) is 4.98. The third kappa shape index (κ3) is 3.88. The molecule has 0 radical (unpaired) electrons. The average molecular weight is 467 g/mol. The molecule has 3 aromatic rings. The minimum atomic E-state index is -4.93. The molecule has 4 heterocycles. The Kier molecular flexibility index (Phi) is 5.20. The van der Waals surface area contributed by atoms with Crippen molar-refractivity contribution in [3.05, 3.63) is 23.2 Å². The van der Waals surface area contributed by atoms with Gasteiger partial charge in [-0.2, -0.15) is 4.98 Å². The Balaban J connectivity index is 1.72. The molecule has 0 amide bonds. The molecule has 2 fully saturated rings. The van der Waals surface area contributed by atoms with Crippen molar-refractivity contribution in [3.63, 3.8) is 0 Å². The molecule has 1 aromatic carbocycles. The molecule has 1 N–H and O–H groups in total. The molecule has 2 bridgehead atoms. The third-order valence-corrected chi connectivity index (χ3v) is 6.40. The largest absolute Gasteiger partial charge is 0.573 e. The highest BCUT2D eigenvalue weighted by atomic mass is 32.1. The van der Waals surface area contributed by atoms with Gasteiger partial charge in [0.05, 0.1) is 11.3 Å². The minimum absolute atomic E-state index is 0.0310. The number of fused-ring (bicyclic) bond motifs is 3. The zero-order valence-corrected chi connectivity index (χ0v) is 18.1. The Hall–Kier alpha value is -2.86. The lowest BCUT2D eigenvalue weighted by Gasteiger charge is -2.31. The zero-order chi connectivity index (χ0) is 22.5. The number of halogens is 3. The molecular formula is C20H20F3N5O3S. The van der Waals surface area contributed by atoms with Gasteiger partial charge in [0, 0.05) is 42.3 Å². The van der Waals surface area contributed by atoms with Gasteiger partial charge in [0.1, 0.15) is 12.1 Å². The number of nitrogens with one attached hydrogen (secondary N) is 1. The second-order valence-corrected chi connectivity index (χ2v) is 8.66. The summed E-state index contributed by atoms with van der Waals surface area (Å²) in [4.78, 5) is 15.6. The van der Waals surface area contributed by atoms with Crippen LogP contribution in [0.4, 0.5) is 19.2 Å². The van der Waals surface area contributed by atoms with Crippen molar-refractivity contribution in [2.75, 3.05) is 25.1 Å². The molecule has 0 saturated carbocycles. The lowest BCUT2D eigenvalue weighted by Crippen LogP contribution is -2.51. The van der Waals surface area contributed by atoms with E-state index in [2.05, 4.69) is 25.2 Å². The average Bonchev–Trinajstić information content (AvgIpc) is 3.47. The molecule has 2 aliphatic rings. The summed E-state index contributed by atoms with van der Waals surface area (Å²) in [6, 6.07) is 2.40. The zero-order valence-electron chi connectivity index (χ0n) is 17.3. The maximum atomic E-state index is 13.4. The Morgan fingerprint density at radius 1 is 1.31 bits per heavy atom. The summed E-state index contributed by atoms with van der Waals surface area (Å²) in [5.41, 5.74) is 0.978. The van der Waals surface area contributed by atoms with Crippen molar-refractivity contribution >= 4 is 34.2 Å². The normalized spacial score (nSPS) is 21.4. The van der Waals surface area contributed by atoms with Gasteiger partial charge >= 0.3 is 6.36 Å². The summed E-state index contributed by atoms with van der Waals surface area (Å²) in [6.07, 6.45) is -1.21. The van der Waals surface area contributed by atoms with Crippen LogP contribution in [0.5, 0.6) is 5.75 Å². The van der Waals surface area contributed by atoms with Crippen LogP contribution in [0.25, 0.3) is 21.7 Å². The van der Waals surface area contributed by atoms with E-state index in [0.29, 0.717) is 35.7 Å². The Morgan fingerprint density at radius 2 is 2.06 bits per heavy atom. The van der Waals surface area contributed by atoms with Gasteiger partial charge in [-0.3, -0.25) is 0 Å². The first-order valence-corrected chi connectivity index (χ1v) is 10.9. The van der Waals surface area contributed by atoms with E-state index in [1.54, 1.807) is 11.6 Å². The molecule has 2 saturated heterocycles. The van der Waals surface area contributed by atoms with Crippen LogP contribution >= 0.6 is 11.3 Å². The van der Waals surface area contributed by atoms with Crippen molar-refractivity contribution in [1.82, 2.24) is 15.3 Å². The molecule has 0 spiro atoms. The summed E-state index contributed by atoms with van der Waals surface area (Å²) >= 11 is 1.34. The third-order valence-electron chi connectivity index (χ3n) is 5.59. The predicted molar refractivity (Wildman–Crippen MR) is 113 cm³/mol. The van der Waals surface area contributed by atoms with Gasteiger partial charge in [-0.05, 0) is 25.8 Å². The van der Waals surface area contributed by atoms with Crippen molar-refractivity contribution in [1.29, 1.82) is 0 Å². The number of anilines is 1. The van der Waals surface area contributed by atoms with Gasteiger partial charge in [-0.25, -0.2) is 4.98 Å². The number of alkyl halides is 3.